The van der Waals surface area contributed by atoms with Gasteiger partial charge in [-0.05, 0) is 42.7 Å². The summed E-state index contributed by atoms with van der Waals surface area (Å²) in [7, 11) is -3.45. The van der Waals surface area contributed by atoms with Gasteiger partial charge in [0.05, 0.1) is 0 Å². The van der Waals surface area contributed by atoms with Crippen molar-refractivity contribution >= 4 is 16.6 Å². The third kappa shape index (κ3) is 35.8. The maximum Gasteiger partial charge on any atom is 0.179 e. The van der Waals surface area contributed by atoms with Gasteiger partial charge in [0.15, 0.2) is 16.6 Å². The quantitative estimate of drug-likeness (QED) is 0.0497. The van der Waals surface area contributed by atoms with Crippen LogP contribution in [0.4, 0.5) is 0 Å². The zero-order chi connectivity index (χ0) is 38.0. The Morgan fingerprint density at radius 3 is 0.627 bits per heavy atom. The predicted octanol–water partition coefficient (Wildman–Crippen LogP) is 17.9. The lowest BCUT2D eigenvalue weighted by atomic mass is 10.1. The highest BCUT2D eigenvalue weighted by Gasteiger charge is 2.43. The fraction of sp³-hybridized carbons (Fsp3) is 1.00. The molecule has 0 aromatic rings. The lowest BCUT2D eigenvalue weighted by Crippen LogP contribution is -2.51. The molecule has 0 aliphatic carbocycles. The standard InChI is InChI=1S/C36H78OSi2.C11H24O/c1-7-13-19-25-31-38(32-26-20-14-8-2,33-27-21-15-9-3)37-39(34-28-22-16-10-4,35-29-23-17-11-5)36-30-24-18-12-6;1-2-3-4-5-6-7-8-9-10-11-12/h7-36H2,1-6H3;12H,2-11H2,1H3. The van der Waals surface area contributed by atoms with Gasteiger partial charge in [0, 0.05) is 6.61 Å². The molecular formula is C47H102O2Si2. The van der Waals surface area contributed by atoms with Crippen molar-refractivity contribution in [2.45, 2.75) is 297 Å². The maximum absolute atomic E-state index is 8.54. The van der Waals surface area contributed by atoms with Crippen LogP contribution in [0.2, 0.25) is 36.3 Å². The molecule has 0 atom stereocenters. The number of aliphatic hydroxyl groups is 1. The molecule has 0 aromatic carbocycles. The molecular weight excluding hydrogens is 653 g/mol. The molecule has 310 valence electrons. The summed E-state index contributed by atoms with van der Waals surface area (Å²) in [5.74, 6) is 0. The molecule has 0 amide bonds. The summed E-state index contributed by atoms with van der Waals surface area (Å²) in [4.78, 5) is 0. The average molecular weight is 756 g/mol. The van der Waals surface area contributed by atoms with Crippen LogP contribution >= 0.6 is 0 Å². The SMILES string of the molecule is CCCCCCCCCCCO.CCCCCC[Si](CCCCCC)(CCCCCC)O[Si](CCCCCC)(CCCCCC)CCCCCC. The first-order valence-corrected chi connectivity index (χ1v) is 29.4. The third-order valence-electron chi connectivity index (χ3n) is 11.6. The molecule has 0 aliphatic heterocycles. The first-order valence-electron chi connectivity index (χ1n) is 24.3. The molecule has 0 rings (SSSR count). The smallest absolute Gasteiger partial charge is 0.179 e. The van der Waals surface area contributed by atoms with E-state index < -0.39 is 16.6 Å². The number of unbranched alkanes of at least 4 members (excludes halogenated alkanes) is 26. The Balaban J connectivity index is 0. The van der Waals surface area contributed by atoms with E-state index in [1.165, 1.54) is 242 Å². The van der Waals surface area contributed by atoms with Crippen LogP contribution in [0.5, 0.6) is 0 Å². The molecule has 1 N–H and O–H groups in total. The fourth-order valence-corrected chi connectivity index (χ4v) is 21.2. The molecule has 0 aliphatic rings. The van der Waals surface area contributed by atoms with Crippen molar-refractivity contribution in [3.8, 4) is 0 Å². The second-order valence-electron chi connectivity index (χ2n) is 16.9. The lowest BCUT2D eigenvalue weighted by molar-refractivity contribution is 0.282. The molecule has 0 radical (unpaired) electrons. The number of hydrogen-bond acceptors (Lipinski definition) is 2. The highest BCUT2D eigenvalue weighted by Crippen LogP contribution is 2.40. The van der Waals surface area contributed by atoms with Crippen LogP contribution in [-0.2, 0) is 4.12 Å². The van der Waals surface area contributed by atoms with Crippen molar-refractivity contribution in [3.05, 3.63) is 0 Å². The third-order valence-corrected chi connectivity index (χ3v) is 22.7. The minimum atomic E-state index is -1.72. The van der Waals surface area contributed by atoms with Gasteiger partial charge < -0.3 is 9.22 Å². The summed E-state index contributed by atoms with van der Waals surface area (Å²) in [6.07, 6.45) is 45.8. The van der Waals surface area contributed by atoms with Gasteiger partial charge in [-0.3, -0.25) is 0 Å². The Labute approximate surface area is 327 Å². The van der Waals surface area contributed by atoms with Crippen molar-refractivity contribution in [1.82, 2.24) is 0 Å². The van der Waals surface area contributed by atoms with Crippen LogP contribution in [-0.4, -0.2) is 28.3 Å². The first-order chi connectivity index (χ1) is 25.0. The molecule has 0 saturated heterocycles. The second-order valence-corrected chi connectivity index (χ2v) is 25.4. The van der Waals surface area contributed by atoms with Crippen LogP contribution in [0.3, 0.4) is 0 Å². The molecule has 0 unspecified atom stereocenters. The van der Waals surface area contributed by atoms with Crippen LogP contribution in [0, 0.1) is 0 Å². The topological polar surface area (TPSA) is 29.5 Å². The summed E-state index contributed by atoms with van der Waals surface area (Å²) in [6.45, 7) is 16.9. The van der Waals surface area contributed by atoms with Crippen LogP contribution < -0.4 is 0 Å². The molecule has 0 heterocycles. The largest absolute Gasteiger partial charge is 0.455 e. The molecule has 0 fully saturated rings. The van der Waals surface area contributed by atoms with Gasteiger partial charge in [-0.1, -0.05) is 254 Å². The van der Waals surface area contributed by atoms with E-state index in [-0.39, 0.29) is 0 Å². The van der Waals surface area contributed by atoms with Crippen LogP contribution in [0.15, 0.2) is 0 Å². The summed E-state index contributed by atoms with van der Waals surface area (Å²) in [5, 5.41) is 8.54. The van der Waals surface area contributed by atoms with E-state index in [0.717, 1.165) is 6.42 Å². The fourth-order valence-electron chi connectivity index (χ4n) is 8.18. The number of rotatable bonds is 41. The van der Waals surface area contributed by atoms with Crippen LogP contribution in [0.25, 0.3) is 0 Å². The Hall–Kier alpha value is 0.354. The molecule has 0 aromatic heterocycles. The van der Waals surface area contributed by atoms with E-state index in [0.29, 0.717) is 6.61 Å². The second kappa shape index (κ2) is 43.1. The minimum Gasteiger partial charge on any atom is -0.455 e. The lowest BCUT2D eigenvalue weighted by Gasteiger charge is -2.44. The van der Waals surface area contributed by atoms with Gasteiger partial charge in [-0.2, -0.15) is 0 Å². The van der Waals surface area contributed by atoms with Crippen molar-refractivity contribution in [2.24, 2.45) is 0 Å². The molecule has 51 heavy (non-hydrogen) atoms. The van der Waals surface area contributed by atoms with Crippen molar-refractivity contribution in [2.75, 3.05) is 6.61 Å². The summed E-state index contributed by atoms with van der Waals surface area (Å²) >= 11 is 0. The summed E-state index contributed by atoms with van der Waals surface area (Å²) in [6, 6.07) is 8.91. The zero-order valence-corrected chi connectivity index (χ0v) is 39.1. The highest BCUT2D eigenvalue weighted by atomic mass is 28.4. The van der Waals surface area contributed by atoms with Gasteiger partial charge in [0.1, 0.15) is 0 Å². The molecule has 0 saturated carbocycles. The molecule has 0 spiro atoms. The first kappa shape index (κ1) is 53.5. The Bertz CT molecular complexity index is 513. The van der Waals surface area contributed by atoms with E-state index in [9.17, 15) is 0 Å². The molecule has 4 heteroatoms. The van der Waals surface area contributed by atoms with E-state index in [4.69, 9.17) is 9.22 Å². The molecule has 2 nitrogen and oxygen atoms in total. The van der Waals surface area contributed by atoms with E-state index in [1.807, 2.05) is 0 Å². The zero-order valence-electron chi connectivity index (χ0n) is 37.1. The Kier molecular flexibility index (Phi) is 45.2. The van der Waals surface area contributed by atoms with Gasteiger partial charge in [0.25, 0.3) is 0 Å². The van der Waals surface area contributed by atoms with Crippen molar-refractivity contribution in [3.63, 3.8) is 0 Å². The Morgan fingerprint density at radius 2 is 0.431 bits per heavy atom. The summed E-state index contributed by atoms with van der Waals surface area (Å²) in [5.41, 5.74) is 0. The highest BCUT2D eigenvalue weighted by molar-refractivity contribution is 6.87. The van der Waals surface area contributed by atoms with Gasteiger partial charge in [0.2, 0.25) is 0 Å². The molecule has 0 bridgehead atoms. The van der Waals surface area contributed by atoms with Gasteiger partial charge >= 0.3 is 0 Å². The predicted molar refractivity (Wildman–Crippen MR) is 241 cm³/mol. The van der Waals surface area contributed by atoms with Gasteiger partial charge in [-0.25, -0.2) is 0 Å². The van der Waals surface area contributed by atoms with Crippen molar-refractivity contribution < 1.29 is 9.22 Å². The number of hydrogen-bond donors (Lipinski definition) is 1. The van der Waals surface area contributed by atoms with Crippen LogP contribution in [0.1, 0.15) is 260 Å². The van der Waals surface area contributed by atoms with Crippen molar-refractivity contribution in [1.29, 1.82) is 0 Å². The average Bonchev–Trinajstić information content (AvgIpc) is 3.14. The minimum absolute atomic E-state index is 0.371. The normalized spacial score (nSPS) is 12.0. The number of aliphatic hydroxyl groups excluding tert-OH is 1. The van der Waals surface area contributed by atoms with E-state index in [2.05, 4.69) is 48.5 Å². The Morgan fingerprint density at radius 1 is 0.255 bits per heavy atom. The van der Waals surface area contributed by atoms with E-state index in [1.54, 1.807) is 0 Å². The van der Waals surface area contributed by atoms with Gasteiger partial charge in [-0.15, -0.1) is 0 Å². The summed E-state index contributed by atoms with van der Waals surface area (Å²) < 4.78 is 8.18. The maximum atomic E-state index is 8.54. The monoisotopic (exact) mass is 755 g/mol. The van der Waals surface area contributed by atoms with E-state index >= 15 is 0 Å².